The molecule has 0 N–H and O–H groups in total. The molecule has 5 heteroatoms. The Balaban J connectivity index is 1.60. The van der Waals surface area contributed by atoms with E-state index in [4.69, 9.17) is 0 Å². The molecule has 1 aliphatic carbocycles. The summed E-state index contributed by atoms with van der Waals surface area (Å²) in [5, 5.41) is 0. The van der Waals surface area contributed by atoms with Crippen LogP contribution < -0.4 is 4.90 Å². The third kappa shape index (κ3) is 3.04. The number of nitrogens with zero attached hydrogens (tertiary/aromatic N) is 4. The van der Waals surface area contributed by atoms with E-state index >= 15 is 0 Å². The Hall–Kier alpha value is -2.43. The average molecular weight is 308 g/mol. The van der Waals surface area contributed by atoms with Crippen molar-refractivity contribution in [3.8, 4) is 0 Å². The molecule has 3 heterocycles. The van der Waals surface area contributed by atoms with Crippen LogP contribution in [0.1, 0.15) is 24.0 Å². The van der Waals surface area contributed by atoms with Crippen molar-refractivity contribution in [3.05, 3.63) is 54.0 Å². The normalized spacial score (nSPS) is 17.6. The van der Waals surface area contributed by atoms with Crippen LogP contribution in [0, 0.1) is 5.92 Å². The monoisotopic (exact) mass is 308 g/mol. The Morgan fingerprint density at radius 3 is 2.74 bits per heavy atom. The fourth-order valence-electron chi connectivity index (χ4n) is 3.11. The fourth-order valence-corrected chi connectivity index (χ4v) is 3.11. The van der Waals surface area contributed by atoms with Crippen LogP contribution in [0.4, 0.5) is 5.82 Å². The first-order valence-electron chi connectivity index (χ1n) is 8.18. The summed E-state index contributed by atoms with van der Waals surface area (Å²) >= 11 is 0. The van der Waals surface area contributed by atoms with Gasteiger partial charge in [0.05, 0.1) is 0 Å². The summed E-state index contributed by atoms with van der Waals surface area (Å²) in [7, 11) is 0. The van der Waals surface area contributed by atoms with Gasteiger partial charge in [0.1, 0.15) is 5.82 Å². The minimum absolute atomic E-state index is 0.266. The molecule has 0 bridgehead atoms. The van der Waals surface area contributed by atoms with Gasteiger partial charge in [-0.25, -0.2) is 4.98 Å². The summed E-state index contributed by atoms with van der Waals surface area (Å²) in [5.41, 5.74) is 2.34. The molecule has 0 aromatic carbocycles. The van der Waals surface area contributed by atoms with Gasteiger partial charge in [-0.3, -0.25) is 9.78 Å². The molecule has 23 heavy (non-hydrogen) atoms. The van der Waals surface area contributed by atoms with Crippen molar-refractivity contribution in [1.82, 2.24) is 14.9 Å². The Morgan fingerprint density at radius 2 is 1.96 bits per heavy atom. The molecule has 0 unspecified atom stereocenters. The number of anilines is 1. The molecule has 0 atom stereocenters. The Labute approximate surface area is 136 Å². The second-order valence-electron chi connectivity index (χ2n) is 6.30. The Morgan fingerprint density at radius 1 is 1.13 bits per heavy atom. The zero-order valence-corrected chi connectivity index (χ0v) is 13.1. The molecule has 0 radical (unpaired) electrons. The van der Waals surface area contributed by atoms with Crippen LogP contribution in [-0.2, 0) is 17.9 Å². The molecular formula is C18H20N4O. The van der Waals surface area contributed by atoms with E-state index in [0.29, 0.717) is 12.5 Å². The number of hydrogen-bond donors (Lipinski definition) is 0. The van der Waals surface area contributed by atoms with Crippen molar-refractivity contribution in [2.75, 3.05) is 18.0 Å². The molecule has 2 aromatic rings. The lowest BCUT2D eigenvalue weighted by molar-refractivity contribution is -0.132. The third-order valence-corrected chi connectivity index (χ3v) is 4.53. The number of hydrogen-bond acceptors (Lipinski definition) is 4. The molecule has 0 saturated heterocycles. The van der Waals surface area contributed by atoms with Crippen molar-refractivity contribution in [2.45, 2.75) is 25.9 Å². The van der Waals surface area contributed by atoms with Gasteiger partial charge in [0, 0.05) is 56.3 Å². The van der Waals surface area contributed by atoms with Gasteiger partial charge < -0.3 is 9.80 Å². The first kappa shape index (κ1) is 14.2. The minimum atomic E-state index is 0.266. The standard InChI is InChI=1S/C18H20N4O/c23-18(15-3-4-15)22-11-10-21(12-14-5-8-19-9-6-14)17-16(13-22)2-1-7-20-17/h1-2,5-9,15H,3-4,10-13H2. The number of pyridine rings is 2. The van der Waals surface area contributed by atoms with Gasteiger partial charge in [0.2, 0.25) is 5.91 Å². The van der Waals surface area contributed by atoms with Crippen LogP contribution in [0.25, 0.3) is 0 Å². The van der Waals surface area contributed by atoms with Gasteiger partial charge in [-0.1, -0.05) is 6.07 Å². The van der Waals surface area contributed by atoms with E-state index in [1.807, 2.05) is 41.7 Å². The number of carbonyl (C=O) groups is 1. The first-order valence-corrected chi connectivity index (χ1v) is 8.18. The largest absolute Gasteiger partial charge is 0.350 e. The van der Waals surface area contributed by atoms with E-state index < -0.39 is 0 Å². The predicted molar refractivity (Wildman–Crippen MR) is 87.7 cm³/mol. The maximum atomic E-state index is 12.5. The molecular weight excluding hydrogens is 288 g/mol. The maximum Gasteiger partial charge on any atom is 0.226 e. The summed E-state index contributed by atoms with van der Waals surface area (Å²) in [6.45, 7) is 3.03. The number of aromatic nitrogens is 2. The molecule has 4 rings (SSSR count). The molecule has 118 valence electrons. The number of rotatable bonds is 3. The van der Waals surface area contributed by atoms with Crippen LogP contribution in [0.5, 0.6) is 0 Å². The summed E-state index contributed by atoms with van der Waals surface area (Å²) in [6.07, 6.45) is 7.56. The van der Waals surface area contributed by atoms with Crippen LogP contribution in [0.3, 0.4) is 0 Å². The molecule has 0 spiro atoms. The Bertz CT molecular complexity index is 699. The third-order valence-electron chi connectivity index (χ3n) is 4.53. The highest BCUT2D eigenvalue weighted by molar-refractivity contribution is 5.81. The Kier molecular flexibility index (Phi) is 3.69. The van der Waals surface area contributed by atoms with Gasteiger partial charge in [-0.2, -0.15) is 0 Å². The van der Waals surface area contributed by atoms with Gasteiger partial charge in [-0.15, -0.1) is 0 Å². The molecule has 1 aliphatic heterocycles. The van der Waals surface area contributed by atoms with Gasteiger partial charge in [0.15, 0.2) is 0 Å². The highest BCUT2D eigenvalue weighted by atomic mass is 16.2. The van der Waals surface area contributed by atoms with Crippen LogP contribution in [0.2, 0.25) is 0 Å². The van der Waals surface area contributed by atoms with Gasteiger partial charge in [-0.05, 0) is 36.6 Å². The van der Waals surface area contributed by atoms with Crippen LogP contribution in [-0.4, -0.2) is 33.9 Å². The fraction of sp³-hybridized carbons (Fsp3) is 0.389. The molecule has 2 aromatic heterocycles. The molecule has 1 saturated carbocycles. The van der Waals surface area contributed by atoms with E-state index in [9.17, 15) is 4.79 Å². The number of fused-ring (bicyclic) bond motifs is 1. The van der Waals surface area contributed by atoms with Gasteiger partial charge >= 0.3 is 0 Å². The van der Waals surface area contributed by atoms with Crippen molar-refractivity contribution in [2.24, 2.45) is 5.92 Å². The van der Waals surface area contributed by atoms with E-state index in [1.54, 1.807) is 0 Å². The van der Waals surface area contributed by atoms with E-state index in [2.05, 4.69) is 20.9 Å². The van der Waals surface area contributed by atoms with Crippen molar-refractivity contribution in [1.29, 1.82) is 0 Å². The predicted octanol–water partition coefficient (Wildman–Crippen LogP) is 2.24. The smallest absolute Gasteiger partial charge is 0.226 e. The highest BCUT2D eigenvalue weighted by Crippen LogP contribution is 2.33. The molecule has 1 amide bonds. The quantitative estimate of drug-likeness (QED) is 0.872. The van der Waals surface area contributed by atoms with Gasteiger partial charge in [0.25, 0.3) is 0 Å². The molecule has 1 fully saturated rings. The zero-order valence-electron chi connectivity index (χ0n) is 13.1. The van der Waals surface area contributed by atoms with E-state index in [1.165, 1.54) is 5.56 Å². The lowest BCUT2D eigenvalue weighted by Gasteiger charge is -2.24. The first-order chi connectivity index (χ1) is 11.3. The summed E-state index contributed by atoms with van der Waals surface area (Å²) in [4.78, 5) is 25.4. The lowest BCUT2D eigenvalue weighted by Crippen LogP contribution is -2.36. The topological polar surface area (TPSA) is 49.3 Å². The number of carbonyl (C=O) groups excluding carboxylic acids is 1. The van der Waals surface area contributed by atoms with Crippen molar-refractivity contribution in [3.63, 3.8) is 0 Å². The van der Waals surface area contributed by atoms with Crippen LogP contribution in [0.15, 0.2) is 42.9 Å². The second kappa shape index (κ2) is 5.99. The summed E-state index contributed by atoms with van der Waals surface area (Å²) in [6, 6.07) is 8.09. The average Bonchev–Trinajstić information content (AvgIpc) is 3.43. The van der Waals surface area contributed by atoms with Crippen molar-refractivity contribution >= 4 is 11.7 Å². The second-order valence-corrected chi connectivity index (χ2v) is 6.30. The van der Waals surface area contributed by atoms with E-state index in [-0.39, 0.29) is 5.92 Å². The van der Waals surface area contributed by atoms with E-state index in [0.717, 1.165) is 43.9 Å². The maximum absolute atomic E-state index is 12.5. The highest BCUT2D eigenvalue weighted by Gasteiger charge is 2.34. The van der Waals surface area contributed by atoms with Crippen LogP contribution >= 0.6 is 0 Å². The zero-order chi connectivity index (χ0) is 15.6. The SMILES string of the molecule is O=C(C1CC1)N1CCN(Cc2ccncc2)c2ncccc2C1. The molecule has 5 nitrogen and oxygen atoms in total. The lowest BCUT2D eigenvalue weighted by atomic mass is 10.2. The summed E-state index contributed by atoms with van der Waals surface area (Å²) < 4.78 is 0. The minimum Gasteiger partial charge on any atom is -0.350 e. The van der Waals surface area contributed by atoms with Crippen molar-refractivity contribution < 1.29 is 4.79 Å². The number of amides is 1. The summed E-state index contributed by atoms with van der Waals surface area (Å²) in [5.74, 6) is 1.57. The molecule has 2 aliphatic rings.